The fraction of sp³-hybridized carbons (Fsp3) is 0.478. The monoisotopic (exact) mass is 340 g/mol. The molecule has 0 amide bonds. The van der Waals surface area contributed by atoms with Gasteiger partial charge in [-0.3, -0.25) is 0 Å². The minimum atomic E-state index is -0.0366. The van der Waals surface area contributed by atoms with Crippen LogP contribution in [-0.2, 0) is 0 Å². The van der Waals surface area contributed by atoms with Gasteiger partial charge in [0.1, 0.15) is 11.6 Å². The van der Waals surface area contributed by atoms with E-state index in [-0.39, 0.29) is 5.82 Å². The van der Waals surface area contributed by atoms with Crippen LogP contribution in [0.2, 0.25) is 0 Å². The van der Waals surface area contributed by atoms with E-state index in [0.29, 0.717) is 23.8 Å². The summed E-state index contributed by atoms with van der Waals surface area (Å²) in [4.78, 5) is 0. The van der Waals surface area contributed by atoms with Crippen molar-refractivity contribution in [1.29, 1.82) is 0 Å². The molecule has 0 aliphatic heterocycles. The van der Waals surface area contributed by atoms with Crippen LogP contribution in [0.25, 0.3) is 10.8 Å². The molecule has 1 aliphatic carbocycles. The first-order valence-electron chi connectivity index (χ1n) is 9.74. The highest BCUT2D eigenvalue weighted by atomic mass is 19.1. The summed E-state index contributed by atoms with van der Waals surface area (Å²) in [6.07, 6.45) is 11.6. The van der Waals surface area contributed by atoms with Gasteiger partial charge in [0.05, 0.1) is 6.61 Å². The predicted octanol–water partition coefficient (Wildman–Crippen LogP) is 7.01. The molecule has 0 heterocycles. The summed E-state index contributed by atoms with van der Waals surface area (Å²) in [5, 5.41) is 1.63. The summed E-state index contributed by atoms with van der Waals surface area (Å²) in [6, 6.07) is 9.70. The molecular weight excluding hydrogens is 311 g/mol. The van der Waals surface area contributed by atoms with Crippen LogP contribution in [0.1, 0.15) is 63.9 Å². The molecule has 0 radical (unpaired) electrons. The van der Waals surface area contributed by atoms with E-state index in [2.05, 4.69) is 19.1 Å². The number of ether oxygens (including phenoxy) is 1. The molecular formula is C23H29FO. The van der Waals surface area contributed by atoms with Gasteiger partial charge in [-0.2, -0.15) is 0 Å². The molecule has 134 valence electrons. The molecule has 3 rings (SSSR count). The van der Waals surface area contributed by atoms with Crippen LogP contribution in [0.3, 0.4) is 0 Å². The van der Waals surface area contributed by atoms with Gasteiger partial charge in [0.25, 0.3) is 0 Å². The first-order chi connectivity index (χ1) is 12.2. The molecule has 1 aliphatic rings. The Balaban J connectivity index is 1.74. The Kier molecular flexibility index (Phi) is 6.12. The van der Waals surface area contributed by atoms with Crippen LogP contribution in [0.15, 0.2) is 42.5 Å². The zero-order valence-corrected chi connectivity index (χ0v) is 15.4. The largest absolute Gasteiger partial charge is 0.494 e. The second-order valence-electron chi connectivity index (χ2n) is 7.11. The number of allylic oxidation sites excluding steroid dienone is 2. The number of unbranched alkanes of at least 4 members (excludes halogenated alkanes) is 1. The first kappa shape index (κ1) is 18.0. The van der Waals surface area contributed by atoms with Crippen LogP contribution < -0.4 is 4.74 Å². The average molecular weight is 340 g/mol. The number of benzene rings is 2. The van der Waals surface area contributed by atoms with E-state index >= 15 is 4.39 Å². The molecule has 1 nitrogen and oxygen atoms in total. The summed E-state index contributed by atoms with van der Waals surface area (Å²) in [6.45, 7) is 4.80. The Labute approximate surface area is 150 Å². The van der Waals surface area contributed by atoms with Crippen molar-refractivity contribution in [2.45, 2.75) is 58.3 Å². The lowest BCUT2D eigenvalue weighted by Gasteiger charge is -2.27. The second kappa shape index (κ2) is 8.51. The fourth-order valence-corrected chi connectivity index (χ4v) is 3.94. The van der Waals surface area contributed by atoms with Crippen molar-refractivity contribution in [2.75, 3.05) is 6.61 Å². The molecule has 0 bridgehead atoms. The van der Waals surface area contributed by atoms with Crippen molar-refractivity contribution in [2.24, 2.45) is 5.92 Å². The van der Waals surface area contributed by atoms with E-state index in [9.17, 15) is 0 Å². The van der Waals surface area contributed by atoms with Gasteiger partial charge in [-0.1, -0.05) is 37.6 Å². The lowest BCUT2D eigenvalue weighted by atomic mass is 9.78. The smallest absolute Gasteiger partial charge is 0.134 e. The Morgan fingerprint density at radius 3 is 2.60 bits per heavy atom. The summed E-state index contributed by atoms with van der Waals surface area (Å²) in [5.74, 6) is 1.80. The molecule has 25 heavy (non-hydrogen) atoms. The molecule has 2 aromatic carbocycles. The standard InChI is InChI=1S/C23H29FO/c1-3-5-6-7-17-8-10-18(11-9-17)21-14-12-19-16-20(25-4-2)13-15-22(19)23(21)24/h6-7,12-18H,3-5,8-11H2,1-2H3/b7-6+. The third-order valence-corrected chi connectivity index (χ3v) is 5.34. The van der Waals surface area contributed by atoms with Gasteiger partial charge in [-0.05, 0) is 80.0 Å². The molecule has 0 unspecified atom stereocenters. The van der Waals surface area contributed by atoms with E-state index in [1.807, 2.05) is 37.3 Å². The van der Waals surface area contributed by atoms with E-state index < -0.39 is 0 Å². The maximum Gasteiger partial charge on any atom is 0.134 e. The Morgan fingerprint density at radius 1 is 1.08 bits per heavy atom. The van der Waals surface area contributed by atoms with Crippen molar-refractivity contribution in [3.05, 3.63) is 53.9 Å². The van der Waals surface area contributed by atoms with Crippen molar-refractivity contribution in [3.63, 3.8) is 0 Å². The van der Waals surface area contributed by atoms with Crippen molar-refractivity contribution < 1.29 is 9.13 Å². The van der Waals surface area contributed by atoms with Gasteiger partial charge in [0.15, 0.2) is 0 Å². The molecule has 0 N–H and O–H groups in total. The van der Waals surface area contributed by atoms with Crippen LogP contribution in [-0.4, -0.2) is 6.61 Å². The highest BCUT2D eigenvalue weighted by molar-refractivity contribution is 5.85. The molecule has 0 atom stereocenters. The van der Waals surface area contributed by atoms with Gasteiger partial charge < -0.3 is 4.74 Å². The third-order valence-electron chi connectivity index (χ3n) is 5.34. The fourth-order valence-electron chi connectivity index (χ4n) is 3.94. The maximum atomic E-state index is 15.1. The third kappa shape index (κ3) is 4.23. The molecule has 1 fully saturated rings. The zero-order valence-electron chi connectivity index (χ0n) is 15.4. The number of hydrogen-bond donors (Lipinski definition) is 0. The average Bonchev–Trinajstić information content (AvgIpc) is 2.63. The molecule has 2 aromatic rings. The van der Waals surface area contributed by atoms with E-state index in [4.69, 9.17) is 4.74 Å². The minimum absolute atomic E-state index is 0.0366. The van der Waals surface area contributed by atoms with Gasteiger partial charge in [-0.15, -0.1) is 0 Å². The topological polar surface area (TPSA) is 9.23 Å². The predicted molar refractivity (Wildman–Crippen MR) is 104 cm³/mol. The van der Waals surface area contributed by atoms with Crippen molar-refractivity contribution in [3.8, 4) is 5.75 Å². The van der Waals surface area contributed by atoms with E-state index in [1.54, 1.807) is 0 Å². The van der Waals surface area contributed by atoms with Crippen LogP contribution >= 0.6 is 0 Å². The van der Waals surface area contributed by atoms with Gasteiger partial charge in [0, 0.05) is 5.39 Å². The minimum Gasteiger partial charge on any atom is -0.494 e. The van der Waals surface area contributed by atoms with Crippen molar-refractivity contribution in [1.82, 2.24) is 0 Å². The lowest BCUT2D eigenvalue weighted by molar-refractivity contribution is 0.340. The lowest BCUT2D eigenvalue weighted by Crippen LogP contribution is -2.13. The number of hydrogen-bond acceptors (Lipinski definition) is 1. The molecule has 1 saturated carbocycles. The number of rotatable bonds is 6. The van der Waals surface area contributed by atoms with Gasteiger partial charge in [-0.25, -0.2) is 4.39 Å². The number of fused-ring (bicyclic) bond motifs is 1. The summed E-state index contributed by atoms with van der Waals surface area (Å²) in [7, 11) is 0. The Morgan fingerprint density at radius 2 is 1.88 bits per heavy atom. The molecule has 2 heteroatoms. The van der Waals surface area contributed by atoms with Crippen LogP contribution in [0.5, 0.6) is 5.75 Å². The second-order valence-corrected chi connectivity index (χ2v) is 7.11. The van der Waals surface area contributed by atoms with E-state index in [0.717, 1.165) is 29.5 Å². The highest BCUT2D eigenvalue weighted by Crippen LogP contribution is 2.39. The zero-order chi connectivity index (χ0) is 17.6. The SMILES string of the molecule is CCC/C=C/C1CCC(c2ccc3cc(OCC)ccc3c2F)CC1. The summed E-state index contributed by atoms with van der Waals surface area (Å²) < 4.78 is 20.6. The van der Waals surface area contributed by atoms with Crippen LogP contribution in [0.4, 0.5) is 4.39 Å². The van der Waals surface area contributed by atoms with Crippen molar-refractivity contribution >= 4 is 10.8 Å². The molecule has 0 saturated heterocycles. The molecule has 0 aromatic heterocycles. The number of halogens is 1. The Hall–Kier alpha value is -1.83. The quantitative estimate of drug-likeness (QED) is 0.514. The van der Waals surface area contributed by atoms with Gasteiger partial charge in [0.2, 0.25) is 0 Å². The first-order valence-corrected chi connectivity index (χ1v) is 9.74. The molecule has 0 spiro atoms. The van der Waals surface area contributed by atoms with E-state index in [1.165, 1.54) is 25.7 Å². The van der Waals surface area contributed by atoms with Gasteiger partial charge >= 0.3 is 0 Å². The summed E-state index contributed by atoms with van der Waals surface area (Å²) >= 11 is 0. The normalized spacial score (nSPS) is 21.1. The maximum absolute atomic E-state index is 15.1. The Bertz CT molecular complexity index is 726. The highest BCUT2D eigenvalue weighted by Gasteiger charge is 2.24. The van der Waals surface area contributed by atoms with Crippen LogP contribution in [0, 0.1) is 11.7 Å². The summed E-state index contributed by atoms with van der Waals surface area (Å²) in [5.41, 5.74) is 0.896.